The molecule has 18 heavy (non-hydrogen) atoms. The number of carbonyl (C=O) groups is 1. The summed E-state index contributed by atoms with van der Waals surface area (Å²) in [5, 5.41) is 12.4. The maximum absolute atomic E-state index is 11.9. The molecule has 0 unspecified atom stereocenters. The third-order valence-electron chi connectivity index (χ3n) is 2.48. The Balaban J connectivity index is 2.22. The zero-order valence-electron chi connectivity index (χ0n) is 9.64. The number of aromatic hydroxyl groups is 1. The van der Waals surface area contributed by atoms with Gasteiger partial charge in [0.15, 0.2) is 5.15 Å². The Morgan fingerprint density at radius 3 is 2.83 bits per heavy atom. The molecule has 0 radical (unpaired) electrons. The molecule has 0 aliphatic rings. The summed E-state index contributed by atoms with van der Waals surface area (Å²) < 4.78 is 0. The number of phenols is 1. The van der Waals surface area contributed by atoms with E-state index in [1.165, 1.54) is 12.3 Å². The standard InChI is InChI=1S/C13H11ClN2O2/c1-8-4-5-9(7-11(8)17)13(18)16-10-3-2-6-15-12(10)14/h2-7,17H,1H3,(H,16,18). The average Bonchev–Trinajstić information content (AvgIpc) is 2.35. The molecule has 0 atom stereocenters. The quantitative estimate of drug-likeness (QED) is 0.818. The van der Waals surface area contributed by atoms with E-state index < -0.39 is 0 Å². The monoisotopic (exact) mass is 262 g/mol. The highest BCUT2D eigenvalue weighted by molar-refractivity contribution is 6.32. The second-order valence-corrected chi connectivity index (χ2v) is 4.16. The number of phenolic OH excluding ortho intramolecular Hbond substituents is 1. The van der Waals surface area contributed by atoms with Gasteiger partial charge in [0, 0.05) is 11.8 Å². The number of pyridine rings is 1. The van der Waals surface area contributed by atoms with E-state index in [0.717, 1.165) is 0 Å². The third-order valence-corrected chi connectivity index (χ3v) is 2.78. The first kappa shape index (κ1) is 12.4. The van der Waals surface area contributed by atoms with Crippen molar-refractivity contribution in [3.05, 3.63) is 52.8 Å². The number of rotatable bonds is 2. The van der Waals surface area contributed by atoms with Gasteiger partial charge in [-0.3, -0.25) is 4.79 Å². The van der Waals surface area contributed by atoms with Gasteiger partial charge >= 0.3 is 0 Å². The number of aromatic nitrogens is 1. The van der Waals surface area contributed by atoms with E-state index in [1.807, 2.05) is 0 Å². The number of nitrogens with zero attached hydrogens (tertiary/aromatic N) is 1. The molecule has 5 heteroatoms. The van der Waals surface area contributed by atoms with Crippen LogP contribution in [0.1, 0.15) is 15.9 Å². The maximum atomic E-state index is 11.9. The number of hydrogen-bond acceptors (Lipinski definition) is 3. The zero-order chi connectivity index (χ0) is 13.1. The molecule has 92 valence electrons. The lowest BCUT2D eigenvalue weighted by Gasteiger charge is -2.07. The summed E-state index contributed by atoms with van der Waals surface area (Å²) in [7, 11) is 0. The van der Waals surface area contributed by atoms with Gasteiger partial charge in [-0.25, -0.2) is 4.98 Å². The Hall–Kier alpha value is -2.07. The van der Waals surface area contributed by atoms with Crippen molar-refractivity contribution in [2.75, 3.05) is 5.32 Å². The predicted octanol–water partition coefficient (Wildman–Crippen LogP) is 3.00. The third kappa shape index (κ3) is 2.60. The lowest BCUT2D eigenvalue weighted by molar-refractivity contribution is 0.102. The molecule has 2 rings (SSSR count). The van der Waals surface area contributed by atoms with Crippen LogP contribution in [0, 0.1) is 6.92 Å². The lowest BCUT2D eigenvalue weighted by Crippen LogP contribution is -2.12. The van der Waals surface area contributed by atoms with Gasteiger partial charge in [0.25, 0.3) is 5.91 Å². The van der Waals surface area contributed by atoms with Crippen LogP contribution in [-0.2, 0) is 0 Å². The van der Waals surface area contributed by atoms with Gasteiger partial charge in [-0.05, 0) is 36.8 Å². The van der Waals surface area contributed by atoms with Crippen LogP contribution in [0.2, 0.25) is 5.15 Å². The lowest BCUT2D eigenvalue weighted by atomic mass is 10.1. The van der Waals surface area contributed by atoms with E-state index in [9.17, 15) is 9.90 Å². The highest BCUT2D eigenvalue weighted by Crippen LogP contribution is 2.21. The van der Waals surface area contributed by atoms with Crippen molar-refractivity contribution >= 4 is 23.2 Å². The molecule has 0 bridgehead atoms. The fourth-order valence-corrected chi connectivity index (χ4v) is 1.59. The van der Waals surface area contributed by atoms with Crippen molar-refractivity contribution in [3.63, 3.8) is 0 Å². The van der Waals surface area contributed by atoms with Crippen LogP contribution in [-0.4, -0.2) is 16.0 Å². The van der Waals surface area contributed by atoms with E-state index in [1.54, 1.807) is 31.2 Å². The highest BCUT2D eigenvalue weighted by Gasteiger charge is 2.10. The van der Waals surface area contributed by atoms with Gasteiger partial charge in [-0.15, -0.1) is 0 Å². The summed E-state index contributed by atoms with van der Waals surface area (Å²) in [6.45, 7) is 1.76. The van der Waals surface area contributed by atoms with Gasteiger partial charge in [-0.2, -0.15) is 0 Å². The van der Waals surface area contributed by atoms with Crippen LogP contribution in [0.25, 0.3) is 0 Å². The smallest absolute Gasteiger partial charge is 0.255 e. The van der Waals surface area contributed by atoms with Gasteiger partial charge in [0.2, 0.25) is 0 Å². The van der Waals surface area contributed by atoms with Gasteiger partial charge in [0.1, 0.15) is 5.75 Å². The molecular weight excluding hydrogens is 252 g/mol. The normalized spacial score (nSPS) is 10.1. The number of aryl methyl sites for hydroxylation is 1. The van der Waals surface area contributed by atoms with Crippen molar-refractivity contribution in [3.8, 4) is 5.75 Å². The highest BCUT2D eigenvalue weighted by atomic mass is 35.5. The minimum Gasteiger partial charge on any atom is -0.508 e. The van der Waals surface area contributed by atoms with Crippen LogP contribution in [0.5, 0.6) is 5.75 Å². The van der Waals surface area contributed by atoms with Crippen LogP contribution in [0.15, 0.2) is 36.5 Å². The van der Waals surface area contributed by atoms with Gasteiger partial charge in [0.05, 0.1) is 5.69 Å². The number of halogens is 1. The summed E-state index contributed by atoms with van der Waals surface area (Å²) in [4.78, 5) is 15.8. The summed E-state index contributed by atoms with van der Waals surface area (Å²) >= 11 is 5.84. The van der Waals surface area contributed by atoms with Crippen LogP contribution >= 0.6 is 11.6 Å². The van der Waals surface area contributed by atoms with Crippen molar-refractivity contribution < 1.29 is 9.90 Å². The predicted molar refractivity (Wildman–Crippen MR) is 70.0 cm³/mol. The number of benzene rings is 1. The van der Waals surface area contributed by atoms with Crippen molar-refractivity contribution in [2.45, 2.75) is 6.92 Å². The van der Waals surface area contributed by atoms with E-state index in [-0.39, 0.29) is 16.8 Å². The number of amides is 1. The molecule has 1 amide bonds. The first-order valence-electron chi connectivity index (χ1n) is 5.29. The molecule has 2 aromatic rings. The summed E-state index contributed by atoms with van der Waals surface area (Å²) in [5.41, 5.74) is 1.51. The van der Waals surface area contributed by atoms with Crippen LogP contribution in [0.4, 0.5) is 5.69 Å². The average molecular weight is 263 g/mol. The van der Waals surface area contributed by atoms with Crippen molar-refractivity contribution in [1.82, 2.24) is 4.98 Å². The minimum atomic E-state index is -0.347. The molecule has 1 heterocycles. The topological polar surface area (TPSA) is 62.2 Å². The molecule has 1 aromatic carbocycles. The molecule has 0 spiro atoms. The van der Waals surface area contributed by atoms with E-state index in [0.29, 0.717) is 16.8 Å². The second kappa shape index (κ2) is 5.06. The largest absolute Gasteiger partial charge is 0.508 e. The molecule has 0 saturated heterocycles. The Labute approximate surface area is 109 Å². The van der Waals surface area contributed by atoms with Crippen molar-refractivity contribution in [2.24, 2.45) is 0 Å². The molecular formula is C13H11ClN2O2. The molecule has 2 N–H and O–H groups in total. The number of anilines is 1. The summed E-state index contributed by atoms with van der Waals surface area (Å²) in [6, 6.07) is 8.05. The molecule has 4 nitrogen and oxygen atoms in total. The minimum absolute atomic E-state index is 0.0833. The number of hydrogen-bond donors (Lipinski definition) is 2. The maximum Gasteiger partial charge on any atom is 0.255 e. The first-order valence-corrected chi connectivity index (χ1v) is 5.67. The summed E-state index contributed by atoms with van der Waals surface area (Å²) in [6.07, 6.45) is 1.54. The number of nitrogens with one attached hydrogen (secondary N) is 1. The molecule has 0 aliphatic carbocycles. The van der Waals surface area contributed by atoms with E-state index in [2.05, 4.69) is 10.3 Å². The Morgan fingerprint density at radius 2 is 2.17 bits per heavy atom. The zero-order valence-corrected chi connectivity index (χ0v) is 10.4. The Kier molecular flexibility index (Phi) is 3.48. The molecule has 0 saturated carbocycles. The van der Waals surface area contributed by atoms with Gasteiger partial charge in [-0.1, -0.05) is 17.7 Å². The van der Waals surface area contributed by atoms with Crippen molar-refractivity contribution in [1.29, 1.82) is 0 Å². The second-order valence-electron chi connectivity index (χ2n) is 3.80. The molecule has 0 aliphatic heterocycles. The van der Waals surface area contributed by atoms with Crippen LogP contribution < -0.4 is 5.32 Å². The molecule has 0 fully saturated rings. The molecule has 1 aromatic heterocycles. The summed E-state index contributed by atoms with van der Waals surface area (Å²) in [5.74, 6) is -0.264. The van der Waals surface area contributed by atoms with Gasteiger partial charge < -0.3 is 10.4 Å². The fraction of sp³-hybridized carbons (Fsp3) is 0.0769. The van der Waals surface area contributed by atoms with E-state index >= 15 is 0 Å². The van der Waals surface area contributed by atoms with Crippen LogP contribution in [0.3, 0.4) is 0 Å². The van der Waals surface area contributed by atoms with E-state index in [4.69, 9.17) is 11.6 Å². The first-order chi connectivity index (χ1) is 8.58. The number of carbonyl (C=O) groups excluding carboxylic acids is 1. The Morgan fingerprint density at radius 1 is 1.39 bits per heavy atom. The SMILES string of the molecule is Cc1ccc(C(=O)Nc2cccnc2Cl)cc1O. The Bertz CT molecular complexity index is 599. The fourth-order valence-electron chi connectivity index (χ4n) is 1.42.